The van der Waals surface area contributed by atoms with Crippen molar-refractivity contribution in [3.05, 3.63) is 65.2 Å². The highest BCUT2D eigenvalue weighted by Crippen LogP contribution is 2.23. The van der Waals surface area contributed by atoms with Crippen molar-refractivity contribution in [1.82, 2.24) is 0 Å². The topological polar surface area (TPSA) is 52.3 Å². The molecule has 0 fully saturated rings. The van der Waals surface area contributed by atoms with Crippen LogP contribution in [0.15, 0.2) is 48.5 Å². The average molecular weight is 269 g/mol. The van der Waals surface area contributed by atoms with Crippen molar-refractivity contribution in [2.45, 2.75) is 13.3 Å². The standard InChI is InChI=1S/C17H19NO2/c1-2-20-16-10-6-5-9-15(16)17(19)14-8-4-3-7-13(14)11-12-18/h3-10H,2,11-12,18H2,1H3. The zero-order chi connectivity index (χ0) is 14.4. The van der Waals surface area contributed by atoms with Gasteiger partial charge in [-0.15, -0.1) is 0 Å². The summed E-state index contributed by atoms with van der Waals surface area (Å²) in [7, 11) is 0. The summed E-state index contributed by atoms with van der Waals surface area (Å²) >= 11 is 0. The number of rotatable bonds is 6. The number of hydrogen-bond acceptors (Lipinski definition) is 3. The van der Waals surface area contributed by atoms with Gasteiger partial charge in [0.2, 0.25) is 0 Å². The van der Waals surface area contributed by atoms with Crippen LogP contribution < -0.4 is 10.5 Å². The third-order valence-electron chi connectivity index (χ3n) is 3.11. The van der Waals surface area contributed by atoms with Gasteiger partial charge in [0, 0.05) is 5.56 Å². The Morgan fingerprint density at radius 1 is 1.05 bits per heavy atom. The lowest BCUT2D eigenvalue weighted by atomic mass is 9.96. The monoisotopic (exact) mass is 269 g/mol. The van der Waals surface area contributed by atoms with Crippen molar-refractivity contribution < 1.29 is 9.53 Å². The van der Waals surface area contributed by atoms with Crippen molar-refractivity contribution in [1.29, 1.82) is 0 Å². The van der Waals surface area contributed by atoms with Crippen LogP contribution in [0.2, 0.25) is 0 Å². The van der Waals surface area contributed by atoms with Crippen LogP contribution in [0.1, 0.15) is 28.4 Å². The number of hydrogen-bond donors (Lipinski definition) is 1. The van der Waals surface area contributed by atoms with E-state index in [4.69, 9.17) is 10.5 Å². The number of para-hydroxylation sites is 1. The molecule has 20 heavy (non-hydrogen) atoms. The van der Waals surface area contributed by atoms with Gasteiger partial charge in [-0.2, -0.15) is 0 Å². The van der Waals surface area contributed by atoms with Crippen LogP contribution in [0, 0.1) is 0 Å². The largest absolute Gasteiger partial charge is 0.493 e. The van der Waals surface area contributed by atoms with Crippen molar-refractivity contribution in [2.24, 2.45) is 5.73 Å². The van der Waals surface area contributed by atoms with Gasteiger partial charge in [0.15, 0.2) is 5.78 Å². The van der Waals surface area contributed by atoms with E-state index in [0.717, 1.165) is 5.56 Å². The molecule has 0 bridgehead atoms. The van der Waals surface area contributed by atoms with Crippen molar-refractivity contribution >= 4 is 5.78 Å². The van der Waals surface area contributed by atoms with Crippen molar-refractivity contribution in [3.63, 3.8) is 0 Å². The first-order valence-corrected chi connectivity index (χ1v) is 6.82. The maximum absolute atomic E-state index is 12.7. The highest BCUT2D eigenvalue weighted by Gasteiger charge is 2.16. The number of ketones is 1. The maximum atomic E-state index is 12.7. The molecule has 2 aromatic carbocycles. The molecule has 3 nitrogen and oxygen atoms in total. The molecule has 0 saturated carbocycles. The summed E-state index contributed by atoms with van der Waals surface area (Å²) in [4.78, 5) is 12.7. The molecule has 0 aliphatic heterocycles. The third kappa shape index (κ3) is 3.06. The first-order valence-electron chi connectivity index (χ1n) is 6.82. The van der Waals surface area contributed by atoms with Gasteiger partial charge in [0.25, 0.3) is 0 Å². The van der Waals surface area contributed by atoms with Crippen LogP contribution in [0.25, 0.3) is 0 Å². The number of carbonyl (C=O) groups excluding carboxylic acids is 1. The highest BCUT2D eigenvalue weighted by atomic mass is 16.5. The lowest BCUT2D eigenvalue weighted by molar-refractivity contribution is 0.103. The van der Waals surface area contributed by atoms with Gasteiger partial charge in [0.1, 0.15) is 5.75 Å². The molecule has 3 heteroatoms. The molecule has 0 atom stereocenters. The maximum Gasteiger partial charge on any atom is 0.197 e. The van der Waals surface area contributed by atoms with Crippen LogP contribution >= 0.6 is 0 Å². The third-order valence-corrected chi connectivity index (χ3v) is 3.11. The van der Waals surface area contributed by atoms with Crippen molar-refractivity contribution in [3.8, 4) is 5.75 Å². The minimum absolute atomic E-state index is 0.0156. The summed E-state index contributed by atoms with van der Waals surface area (Å²) in [6.07, 6.45) is 0.693. The molecule has 0 unspecified atom stereocenters. The van der Waals surface area contributed by atoms with Gasteiger partial charge >= 0.3 is 0 Å². The molecule has 0 spiro atoms. The summed E-state index contributed by atoms with van der Waals surface area (Å²) in [5, 5.41) is 0. The molecular weight excluding hydrogens is 250 g/mol. The molecule has 0 amide bonds. The zero-order valence-electron chi connectivity index (χ0n) is 11.6. The Labute approximate surface area is 119 Å². The van der Waals surface area contributed by atoms with E-state index in [1.165, 1.54) is 0 Å². The molecule has 0 aliphatic carbocycles. The van der Waals surface area contributed by atoms with Gasteiger partial charge in [-0.3, -0.25) is 4.79 Å². The summed E-state index contributed by atoms with van der Waals surface area (Å²) in [6.45, 7) is 2.97. The first-order chi connectivity index (χ1) is 9.77. The molecule has 0 heterocycles. The fourth-order valence-corrected chi connectivity index (χ4v) is 2.20. The van der Waals surface area contributed by atoms with E-state index in [9.17, 15) is 4.79 Å². The lowest BCUT2D eigenvalue weighted by Gasteiger charge is -2.11. The zero-order valence-corrected chi connectivity index (χ0v) is 11.6. The van der Waals surface area contributed by atoms with E-state index in [1.54, 1.807) is 6.07 Å². The molecule has 0 radical (unpaired) electrons. The van der Waals surface area contributed by atoms with Crippen molar-refractivity contribution in [2.75, 3.05) is 13.2 Å². The Bertz CT molecular complexity index is 542. The fourth-order valence-electron chi connectivity index (χ4n) is 2.20. The fraction of sp³-hybridized carbons (Fsp3) is 0.235. The molecule has 104 valence electrons. The molecule has 0 aromatic heterocycles. The molecule has 0 aliphatic rings. The Kier molecular flexibility index (Phi) is 4.91. The van der Waals surface area contributed by atoms with Crippen LogP contribution in [-0.2, 0) is 6.42 Å². The quantitative estimate of drug-likeness (QED) is 0.820. The van der Waals surface area contributed by atoms with Gasteiger partial charge in [0.05, 0.1) is 12.2 Å². The second-order valence-electron chi connectivity index (χ2n) is 4.45. The van der Waals surface area contributed by atoms with E-state index < -0.39 is 0 Å². The lowest BCUT2D eigenvalue weighted by Crippen LogP contribution is -2.11. The molecule has 2 N–H and O–H groups in total. The summed E-state index contributed by atoms with van der Waals surface area (Å²) < 4.78 is 5.53. The summed E-state index contributed by atoms with van der Waals surface area (Å²) in [5.74, 6) is 0.612. The van der Waals surface area contributed by atoms with E-state index in [1.807, 2.05) is 49.4 Å². The van der Waals surface area contributed by atoms with Gasteiger partial charge in [-0.1, -0.05) is 36.4 Å². The summed E-state index contributed by atoms with van der Waals surface area (Å²) in [5.41, 5.74) is 7.88. The minimum Gasteiger partial charge on any atom is -0.493 e. The highest BCUT2D eigenvalue weighted by molar-refractivity contribution is 6.11. The minimum atomic E-state index is -0.0156. The average Bonchev–Trinajstić information content (AvgIpc) is 2.48. The Hall–Kier alpha value is -2.13. The Morgan fingerprint density at radius 2 is 1.70 bits per heavy atom. The van der Waals surface area contributed by atoms with Crippen LogP contribution in [0.3, 0.4) is 0 Å². The van der Waals surface area contributed by atoms with Gasteiger partial charge < -0.3 is 10.5 Å². The van der Waals surface area contributed by atoms with E-state index >= 15 is 0 Å². The van der Waals surface area contributed by atoms with Crippen LogP contribution in [0.4, 0.5) is 0 Å². The van der Waals surface area contributed by atoms with E-state index in [-0.39, 0.29) is 5.78 Å². The second-order valence-corrected chi connectivity index (χ2v) is 4.45. The number of nitrogens with two attached hydrogens (primary N) is 1. The summed E-state index contributed by atoms with van der Waals surface area (Å²) in [6, 6.07) is 14.9. The Morgan fingerprint density at radius 3 is 2.40 bits per heavy atom. The predicted octanol–water partition coefficient (Wildman–Crippen LogP) is 2.82. The van der Waals surface area contributed by atoms with Gasteiger partial charge in [-0.25, -0.2) is 0 Å². The predicted molar refractivity (Wildman–Crippen MR) is 80.2 cm³/mol. The molecule has 0 saturated heterocycles. The molecular formula is C17H19NO2. The van der Waals surface area contributed by atoms with E-state index in [0.29, 0.717) is 36.4 Å². The van der Waals surface area contributed by atoms with Gasteiger partial charge in [-0.05, 0) is 37.6 Å². The number of ether oxygens (including phenoxy) is 1. The first kappa shape index (κ1) is 14.3. The van der Waals surface area contributed by atoms with Crippen LogP contribution in [-0.4, -0.2) is 18.9 Å². The molecule has 2 rings (SSSR count). The van der Waals surface area contributed by atoms with E-state index in [2.05, 4.69) is 0 Å². The second kappa shape index (κ2) is 6.87. The number of benzene rings is 2. The normalized spacial score (nSPS) is 10.3. The smallest absolute Gasteiger partial charge is 0.197 e. The SMILES string of the molecule is CCOc1ccccc1C(=O)c1ccccc1CCN. The number of carbonyl (C=O) groups is 1. The Balaban J connectivity index is 2.41. The molecule has 2 aromatic rings. The van der Waals surface area contributed by atoms with Crippen LogP contribution in [0.5, 0.6) is 5.75 Å².